The second-order valence-corrected chi connectivity index (χ2v) is 10.3. The van der Waals surface area contributed by atoms with E-state index < -0.39 is 5.60 Å². The highest BCUT2D eigenvalue weighted by Crippen LogP contribution is 2.34. The monoisotopic (exact) mass is 487 g/mol. The number of nitrogens with zero attached hydrogens (tertiary/aromatic N) is 2. The zero-order chi connectivity index (χ0) is 24.1. The largest absolute Gasteiger partial charge is 0.491 e. The van der Waals surface area contributed by atoms with Crippen LogP contribution in [0.3, 0.4) is 0 Å². The van der Waals surface area contributed by atoms with Gasteiger partial charge in [0.05, 0.1) is 23.0 Å². The number of nitrogens with one attached hydrogen (secondary N) is 1. The third kappa shape index (κ3) is 6.28. The summed E-state index contributed by atoms with van der Waals surface area (Å²) in [4.78, 5) is 24.8. The summed E-state index contributed by atoms with van der Waals surface area (Å²) in [6.07, 6.45) is 3.35. The van der Waals surface area contributed by atoms with Gasteiger partial charge >= 0.3 is 6.09 Å². The number of aromatic nitrogens is 1. The molecule has 8 nitrogen and oxygen atoms in total. The summed E-state index contributed by atoms with van der Waals surface area (Å²) in [6, 6.07) is 7.87. The summed E-state index contributed by atoms with van der Waals surface area (Å²) in [5.41, 5.74) is 5.30. The van der Waals surface area contributed by atoms with Gasteiger partial charge in [0, 0.05) is 31.5 Å². The number of piperidine rings is 1. The summed E-state index contributed by atoms with van der Waals surface area (Å²) in [7, 11) is 1.65. The van der Waals surface area contributed by atoms with Crippen molar-refractivity contribution in [2.45, 2.75) is 51.2 Å². The molecule has 1 fully saturated rings. The molecule has 0 saturated carbocycles. The Morgan fingerprint density at radius 1 is 1.26 bits per heavy atom. The molecule has 2 aromatic rings. The standard InChI is InChI=1S/C25H33N3O5S/c1-25(2,3)32-24(29)28-10-8-17(9-11-28)23-26-21(16-34-23)20-15-22(33-27-20)18-6-5-7-19(14-18)31-13-12-30-4/h5-7,14-17,22,27H,8-13H2,1-4H3. The Hall–Kier alpha value is -2.62. The van der Waals surface area contributed by atoms with E-state index in [0.29, 0.717) is 32.2 Å². The van der Waals surface area contributed by atoms with Crippen molar-refractivity contribution in [3.8, 4) is 5.75 Å². The quantitative estimate of drug-likeness (QED) is 0.556. The van der Waals surface area contributed by atoms with Crippen LogP contribution in [0.1, 0.15) is 61.9 Å². The molecule has 1 N–H and O–H groups in total. The van der Waals surface area contributed by atoms with E-state index in [1.54, 1.807) is 23.3 Å². The van der Waals surface area contributed by atoms with E-state index >= 15 is 0 Å². The number of likely N-dealkylation sites (tertiary alicyclic amines) is 1. The number of amides is 1. The molecule has 1 aromatic carbocycles. The van der Waals surface area contributed by atoms with E-state index in [2.05, 4.69) is 10.9 Å². The SMILES string of the molecule is COCCOc1cccc(C2C=C(c3csc(C4CCN(C(=O)OC(C)(C)C)CC4)n3)NO2)c1. The predicted molar refractivity (Wildman–Crippen MR) is 131 cm³/mol. The Labute approximate surface area is 204 Å². The molecule has 1 saturated heterocycles. The van der Waals surface area contributed by atoms with Crippen LogP contribution in [0.25, 0.3) is 5.70 Å². The maximum absolute atomic E-state index is 12.3. The van der Waals surface area contributed by atoms with Crippen molar-refractivity contribution in [3.63, 3.8) is 0 Å². The van der Waals surface area contributed by atoms with Gasteiger partial charge in [-0.1, -0.05) is 12.1 Å². The zero-order valence-electron chi connectivity index (χ0n) is 20.2. The normalized spacial score (nSPS) is 19.0. The van der Waals surface area contributed by atoms with Gasteiger partial charge in [0.15, 0.2) is 0 Å². The average Bonchev–Trinajstić information content (AvgIpc) is 3.49. The molecule has 9 heteroatoms. The fraction of sp³-hybridized carbons (Fsp3) is 0.520. The smallest absolute Gasteiger partial charge is 0.410 e. The third-order valence-corrected chi connectivity index (χ3v) is 6.66. The minimum absolute atomic E-state index is 0.219. The summed E-state index contributed by atoms with van der Waals surface area (Å²) >= 11 is 1.66. The van der Waals surface area contributed by atoms with Crippen molar-refractivity contribution < 1.29 is 23.8 Å². The highest BCUT2D eigenvalue weighted by molar-refractivity contribution is 7.09. The molecule has 0 spiro atoms. The van der Waals surface area contributed by atoms with Crippen molar-refractivity contribution in [3.05, 3.63) is 52.0 Å². The molecule has 34 heavy (non-hydrogen) atoms. The second kappa shape index (κ2) is 10.8. The van der Waals surface area contributed by atoms with Crippen LogP contribution < -0.4 is 10.2 Å². The molecular weight excluding hydrogens is 454 g/mol. The number of carbonyl (C=O) groups excluding carboxylic acids is 1. The van der Waals surface area contributed by atoms with Crippen molar-refractivity contribution in [2.75, 3.05) is 33.4 Å². The van der Waals surface area contributed by atoms with Crippen molar-refractivity contribution in [1.29, 1.82) is 0 Å². The fourth-order valence-corrected chi connectivity index (χ4v) is 4.90. The first kappa shape index (κ1) is 24.5. The van der Waals surface area contributed by atoms with Crippen LogP contribution in [0.2, 0.25) is 0 Å². The Morgan fingerprint density at radius 3 is 2.79 bits per heavy atom. The van der Waals surface area contributed by atoms with Gasteiger partial charge in [0.25, 0.3) is 0 Å². The second-order valence-electron chi connectivity index (χ2n) is 9.45. The molecular formula is C25H33N3O5S. The van der Waals surface area contributed by atoms with E-state index in [9.17, 15) is 4.79 Å². The maximum Gasteiger partial charge on any atom is 0.410 e. The minimum atomic E-state index is -0.474. The van der Waals surface area contributed by atoms with Gasteiger partial charge in [-0.05, 0) is 57.4 Å². The molecule has 2 aliphatic heterocycles. The molecule has 1 aromatic heterocycles. The minimum Gasteiger partial charge on any atom is -0.491 e. The third-order valence-electron chi connectivity index (χ3n) is 5.65. The van der Waals surface area contributed by atoms with Gasteiger partial charge < -0.3 is 19.1 Å². The lowest BCUT2D eigenvalue weighted by Crippen LogP contribution is -2.41. The first-order chi connectivity index (χ1) is 16.3. The number of carbonyl (C=O) groups is 1. The molecule has 3 heterocycles. The van der Waals surface area contributed by atoms with E-state index in [-0.39, 0.29) is 12.2 Å². The molecule has 1 atom stereocenters. The summed E-state index contributed by atoms with van der Waals surface area (Å²) in [6.45, 7) is 8.09. The first-order valence-electron chi connectivity index (χ1n) is 11.6. The number of hydroxylamine groups is 1. The maximum atomic E-state index is 12.3. The lowest BCUT2D eigenvalue weighted by molar-refractivity contribution is 0.0204. The van der Waals surface area contributed by atoms with E-state index in [1.807, 2.05) is 51.1 Å². The number of hydrogen-bond acceptors (Lipinski definition) is 8. The Kier molecular flexibility index (Phi) is 7.75. The summed E-state index contributed by atoms with van der Waals surface area (Å²) < 4.78 is 16.2. The van der Waals surface area contributed by atoms with Crippen LogP contribution in [0.4, 0.5) is 4.79 Å². The highest BCUT2D eigenvalue weighted by Gasteiger charge is 2.29. The topological polar surface area (TPSA) is 82.2 Å². The van der Waals surface area contributed by atoms with E-state index in [0.717, 1.165) is 40.6 Å². The summed E-state index contributed by atoms with van der Waals surface area (Å²) in [5.74, 6) is 1.13. The summed E-state index contributed by atoms with van der Waals surface area (Å²) in [5, 5.41) is 3.16. The van der Waals surface area contributed by atoms with Gasteiger partial charge in [-0.25, -0.2) is 9.78 Å². The lowest BCUT2D eigenvalue weighted by atomic mass is 9.98. The zero-order valence-corrected chi connectivity index (χ0v) is 21.0. The van der Waals surface area contributed by atoms with Gasteiger partial charge in [-0.2, -0.15) is 0 Å². The molecule has 2 aliphatic rings. The number of thiazole rings is 1. The predicted octanol–water partition coefficient (Wildman–Crippen LogP) is 4.90. The number of methoxy groups -OCH3 is 1. The molecule has 4 rings (SSSR count). The van der Waals surface area contributed by atoms with Crippen LogP contribution in [-0.4, -0.2) is 55.0 Å². The van der Waals surface area contributed by atoms with Gasteiger partial charge in [0.2, 0.25) is 0 Å². The lowest BCUT2D eigenvalue weighted by Gasteiger charge is -2.32. The van der Waals surface area contributed by atoms with E-state index in [4.69, 9.17) is 24.0 Å². The number of ether oxygens (including phenoxy) is 3. The molecule has 0 bridgehead atoms. The van der Waals surface area contributed by atoms with Gasteiger partial charge in [-0.3, -0.25) is 10.3 Å². The molecule has 184 valence electrons. The van der Waals surface area contributed by atoms with E-state index in [1.165, 1.54) is 0 Å². The molecule has 0 radical (unpaired) electrons. The van der Waals surface area contributed by atoms with Crippen molar-refractivity contribution >= 4 is 23.1 Å². The Morgan fingerprint density at radius 2 is 2.06 bits per heavy atom. The molecule has 1 amide bonds. The molecule has 0 aliphatic carbocycles. The number of rotatable bonds is 7. The Bertz CT molecular complexity index is 1010. The number of hydrogen-bond donors (Lipinski definition) is 1. The first-order valence-corrected chi connectivity index (χ1v) is 12.5. The van der Waals surface area contributed by atoms with Crippen LogP contribution in [-0.2, 0) is 14.3 Å². The highest BCUT2D eigenvalue weighted by atomic mass is 32.1. The number of benzene rings is 1. The van der Waals surface area contributed by atoms with Gasteiger partial charge in [-0.15, -0.1) is 11.3 Å². The van der Waals surface area contributed by atoms with Crippen molar-refractivity contribution in [1.82, 2.24) is 15.4 Å². The van der Waals surface area contributed by atoms with Crippen LogP contribution >= 0.6 is 11.3 Å². The fourth-order valence-electron chi connectivity index (χ4n) is 3.91. The Balaban J connectivity index is 1.35. The van der Waals surface area contributed by atoms with Gasteiger partial charge in [0.1, 0.15) is 24.1 Å². The van der Waals surface area contributed by atoms with Crippen molar-refractivity contribution in [2.24, 2.45) is 0 Å². The van der Waals surface area contributed by atoms with Crippen LogP contribution in [0, 0.1) is 0 Å². The average molecular weight is 488 g/mol. The van der Waals surface area contributed by atoms with Crippen LogP contribution in [0.5, 0.6) is 5.75 Å². The van der Waals surface area contributed by atoms with Crippen LogP contribution in [0.15, 0.2) is 35.7 Å². The molecule has 1 unspecified atom stereocenters.